The van der Waals surface area contributed by atoms with Crippen LogP contribution in [-0.4, -0.2) is 4.48 Å². The third-order valence-electron chi connectivity index (χ3n) is 13.0. The molecule has 2 aliphatic rings. The van der Waals surface area contributed by atoms with Crippen LogP contribution in [0.3, 0.4) is 0 Å². The molecule has 0 N–H and O–H groups in total. The third-order valence-corrected chi connectivity index (χ3v) is 13.0. The van der Waals surface area contributed by atoms with Crippen LogP contribution in [0.5, 0.6) is 0 Å². The van der Waals surface area contributed by atoms with Gasteiger partial charge in [-0.3, -0.25) is 0 Å². The highest BCUT2D eigenvalue weighted by Gasteiger charge is 2.42. The van der Waals surface area contributed by atoms with Crippen LogP contribution in [0.1, 0.15) is 44.5 Å². The van der Waals surface area contributed by atoms with Gasteiger partial charge in [0, 0.05) is 33.4 Å². The lowest BCUT2D eigenvalue weighted by Crippen LogP contribution is -2.44. The second-order valence-electron chi connectivity index (χ2n) is 16.6. The van der Waals surface area contributed by atoms with E-state index in [0.29, 0.717) is 41.8 Å². The van der Waals surface area contributed by atoms with Gasteiger partial charge in [0.25, 0.3) is 0 Å². The quantitative estimate of drug-likeness (QED) is 0.0929. The van der Waals surface area contributed by atoms with E-state index in [4.69, 9.17) is 0 Å². The first-order valence-electron chi connectivity index (χ1n) is 19.8. The molecule has 0 aliphatic carbocycles. The maximum absolute atomic E-state index is 15.3. The molecule has 1 spiro atoms. The summed E-state index contributed by atoms with van der Waals surface area (Å²) in [6.07, 6.45) is 0. The van der Waals surface area contributed by atoms with Gasteiger partial charge in [0.2, 0.25) is 0 Å². The molecule has 0 atom stereocenters. The summed E-state index contributed by atoms with van der Waals surface area (Å²) in [5.74, 6) is -8.24. The zero-order valence-corrected chi connectivity index (χ0v) is 32.9. The minimum Gasteiger partial charge on any atom is -0.309 e. The van der Waals surface area contributed by atoms with Crippen molar-refractivity contribution in [1.82, 2.24) is 0 Å². The van der Waals surface area contributed by atoms with Crippen molar-refractivity contribution in [3.8, 4) is 44.5 Å². The number of rotatable bonds is 2. The molecule has 8 aromatic carbocycles. The first kappa shape index (κ1) is 37.1. The lowest BCUT2D eigenvalue weighted by atomic mass is 9.82. The van der Waals surface area contributed by atoms with E-state index >= 15 is 17.6 Å². The smallest absolute Gasteiger partial charge is 0.194 e. The summed E-state index contributed by atoms with van der Waals surface area (Å²) in [7, 11) is 0. The normalized spacial score (nSPS) is 14.1. The average Bonchev–Trinajstić information content (AvgIpc) is 3.46. The molecule has 2 heterocycles. The van der Waals surface area contributed by atoms with Crippen LogP contribution in [0.25, 0.3) is 66.1 Å². The molecule has 0 saturated carbocycles. The summed E-state index contributed by atoms with van der Waals surface area (Å²) in [6.45, 7) is 10.4. The van der Waals surface area contributed by atoms with Gasteiger partial charge >= 0.3 is 0 Å². The Morgan fingerprint density at radius 3 is 1.17 bits per heavy atom. The molecule has 2 aliphatic heterocycles. The Labute approximate surface area is 338 Å². The van der Waals surface area contributed by atoms with Gasteiger partial charge in [-0.25, -0.2) is 26.3 Å². The highest BCUT2D eigenvalue weighted by Crippen LogP contribution is 2.53. The number of hydrogen-bond acceptors (Lipinski definition) is 0. The third kappa shape index (κ3) is 5.73. The van der Waals surface area contributed by atoms with Crippen LogP contribution in [0.15, 0.2) is 109 Å². The average molecular weight is 791 g/mol. The number of hydrogen-bond donors (Lipinski definition) is 0. The van der Waals surface area contributed by atoms with Gasteiger partial charge in [-0.1, -0.05) is 72.8 Å². The molecule has 0 saturated heterocycles. The fourth-order valence-corrected chi connectivity index (χ4v) is 10.0. The van der Waals surface area contributed by atoms with Crippen LogP contribution in [0.4, 0.5) is 26.3 Å². The molecule has 292 valence electrons. The summed E-state index contributed by atoms with van der Waals surface area (Å²) in [4.78, 5) is 0. The highest BCUT2D eigenvalue weighted by molar-refractivity contribution is 6.12. The monoisotopic (exact) mass is 790 g/mol. The van der Waals surface area contributed by atoms with Crippen molar-refractivity contribution < 1.29 is 30.8 Å². The zero-order chi connectivity index (χ0) is 41.1. The summed E-state index contributed by atoms with van der Waals surface area (Å²) >= 11 is 0. The van der Waals surface area contributed by atoms with Gasteiger partial charge in [-0.2, -0.15) is 0 Å². The maximum Gasteiger partial charge on any atom is 0.194 e. The number of quaternary nitrogens is 1. The molecule has 59 heavy (non-hydrogen) atoms. The molecule has 0 fully saturated rings. The van der Waals surface area contributed by atoms with E-state index in [1.165, 1.54) is 33.4 Å². The van der Waals surface area contributed by atoms with Crippen molar-refractivity contribution in [3.05, 3.63) is 189 Å². The Bertz CT molecular complexity index is 2870. The molecule has 7 heteroatoms. The van der Waals surface area contributed by atoms with Gasteiger partial charge < -0.3 is 4.48 Å². The largest absolute Gasteiger partial charge is 0.309 e. The fraction of sp³-hybridized carbons (Fsp3) is 0.154. The van der Waals surface area contributed by atoms with Crippen molar-refractivity contribution in [1.29, 1.82) is 0 Å². The molecule has 0 bridgehead atoms. The van der Waals surface area contributed by atoms with Crippen molar-refractivity contribution in [2.45, 2.75) is 53.9 Å². The minimum absolute atomic E-state index is 0.196. The number of nitrogens with zero attached hydrogens (tertiary/aromatic N) is 1. The summed E-state index contributed by atoms with van der Waals surface area (Å²) in [6, 6.07) is 32.4. The number of benzene rings is 8. The maximum atomic E-state index is 15.3. The van der Waals surface area contributed by atoms with Crippen LogP contribution in [-0.2, 0) is 26.2 Å². The molecular weight excluding hydrogens is 753 g/mol. The van der Waals surface area contributed by atoms with Gasteiger partial charge in [0.15, 0.2) is 34.9 Å². The van der Waals surface area contributed by atoms with Crippen LogP contribution >= 0.6 is 0 Å². The second-order valence-corrected chi connectivity index (χ2v) is 16.6. The van der Waals surface area contributed by atoms with E-state index in [2.05, 4.69) is 52.0 Å². The van der Waals surface area contributed by atoms with Crippen molar-refractivity contribution in [3.63, 3.8) is 0 Å². The fourth-order valence-electron chi connectivity index (χ4n) is 10.0. The standard InChI is InChI=1S/C52H38F6N/c1-27-13-15-33-23-59(24-34-16-14-28(2)30(4)48(34)47(33)29(27)3)25-41-39(35-19-43(53)51(57)44(54)20-35)17-31-9-5-7-11-37(31)49(41)50-38-12-8-6-10-32(38)18-40(42(50)26-59)36-21-45(55)52(58)46(56)22-36/h5-22H,23-26H2,1-4H3/q+1. The minimum atomic E-state index is -1.54. The summed E-state index contributed by atoms with van der Waals surface area (Å²) in [5.41, 5.74) is 14.1. The summed E-state index contributed by atoms with van der Waals surface area (Å²) in [5, 5.41) is 3.34. The molecule has 0 aromatic heterocycles. The predicted octanol–water partition coefficient (Wildman–Crippen LogP) is 14.3. The predicted molar refractivity (Wildman–Crippen MR) is 223 cm³/mol. The molecule has 1 nitrogen and oxygen atoms in total. The second kappa shape index (κ2) is 13.4. The Hall–Kier alpha value is -6.18. The topological polar surface area (TPSA) is 0 Å². The number of aryl methyl sites for hydroxylation is 2. The Balaban J connectivity index is 1.40. The van der Waals surface area contributed by atoms with Crippen molar-refractivity contribution in [2.75, 3.05) is 0 Å². The van der Waals surface area contributed by atoms with Gasteiger partial charge in [-0.15, -0.1) is 0 Å². The van der Waals surface area contributed by atoms with Gasteiger partial charge in [-0.05, 0) is 141 Å². The molecule has 8 aromatic rings. The zero-order valence-electron chi connectivity index (χ0n) is 32.9. The van der Waals surface area contributed by atoms with Crippen LogP contribution < -0.4 is 0 Å². The SMILES string of the molecule is Cc1ccc2c(c1C)-c1c(ccc(C)c1C)C[N+]1(C2)Cc2c(-c3cc(F)c(F)c(F)c3)cc3ccccc3c2-c2c(c(-c3cc(F)c(F)c(F)c3)cc3ccccc23)C1. The Kier molecular flexibility index (Phi) is 8.45. The van der Waals surface area contributed by atoms with Gasteiger partial charge in [0.1, 0.15) is 26.2 Å². The van der Waals surface area contributed by atoms with Crippen molar-refractivity contribution in [2.24, 2.45) is 0 Å². The molecule has 0 amide bonds. The van der Waals surface area contributed by atoms with Crippen LogP contribution in [0.2, 0.25) is 0 Å². The molecule has 10 rings (SSSR count). The summed E-state index contributed by atoms with van der Waals surface area (Å²) < 4.78 is 90.9. The molecule has 0 radical (unpaired) electrons. The van der Waals surface area contributed by atoms with E-state index in [1.54, 1.807) is 0 Å². The molecular formula is C52H38F6N+. The lowest BCUT2D eigenvalue weighted by Gasteiger charge is -2.39. The first-order chi connectivity index (χ1) is 28.3. The van der Waals surface area contributed by atoms with Gasteiger partial charge in [0.05, 0.1) is 0 Å². The van der Waals surface area contributed by atoms with E-state index in [-0.39, 0.29) is 11.1 Å². The highest BCUT2D eigenvalue weighted by atomic mass is 19.2. The van der Waals surface area contributed by atoms with E-state index in [9.17, 15) is 8.78 Å². The Morgan fingerprint density at radius 1 is 0.407 bits per heavy atom. The number of halogens is 6. The number of fused-ring (bicyclic) bond motifs is 10. The van der Waals surface area contributed by atoms with Crippen LogP contribution in [0, 0.1) is 62.6 Å². The van der Waals surface area contributed by atoms with Crippen molar-refractivity contribution >= 4 is 21.5 Å². The van der Waals surface area contributed by atoms with E-state index in [0.717, 1.165) is 79.2 Å². The van der Waals surface area contributed by atoms with E-state index in [1.807, 2.05) is 60.7 Å². The van der Waals surface area contributed by atoms with E-state index < -0.39 is 34.9 Å². The lowest BCUT2D eigenvalue weighted by molar-refractivity contribution is -0.977. The first-order valence-corrected chi connectivity index (χ1v) is 19.8. The Morgan fingerprint density at radius 2 is 0.780 bits per heavy atom. The molecule has 0 unspecified atom stereocenters.